The molecule has 0 fully saturated rings. The zero-order valence-corrected chi connectivity index (χ0v) is 12.7. The van der Waals surface area contributed by atoms with Crippen LogP contribution in [0.1, 0.15) is 24.1 Å². The highest BCUT2D eigenvalue weighted by Crippen LogP contribution is 2.22. The molecule has 1 unspecified atom stereocenters. The second-order valence-corrected chi connectivity index (χ2v) is 5.46. The van der Waals surface area contributed by atoms with Gasteiger partial charge < -0.3 is 11.1 Å². The predicted molar refractivity (Wildman–Crippen MR) is 86.1 cm³/mol. The zero-order chi connectivity index (χ0) is 15.2. The van der Waals surface area contributed by atoms with Gasteiger partial charge in [-0.05, 0) is 30.5 Å². The maximum atomic E-state index is 12.2. The topological polar surface area (TPSA) is 55.1 Å². The van der Waals surface area contributed by atoms with Crippen molar-refractivity contribution in [1.82, 2.24) is 5.32 Å². The summed E-state index contributed by atoms with van der Waals surface area (Å²) in [5.41, 5.74) is 7.90. The Morgan fingerprint density at radius 3 is 2.43 bits per heavy atom. The summed E-state index contributed by atoms with van der Waals surface area (Å²) in [5.74, 6) is -0.175. The molecule has 2 aromatic carbocycles. The average molecular weight is 303 g/mol. The molecule has 21 heavy (non-hydrogen) atoms. The quantitative estimate of drug-likeness (QED) is 0.892. The van der Waals surface area contributed by atoms with Crippen LogP contribution in [0.2, 0.25) is 5.02 Å². The van der Waals surface area contributed by atoms with E-state index in [9.17, 15) is 4.79 Å². The molecule has 2 atom stereocenters. The molecule has 0 aromatic heterocycles. The van der Waals surface area contributed by atoms with Crippen LogP contribution in [0.25, 0.3) is 0 Å². The SMILES string of the molecule is C[C@@H](NC(=O)C(N)Cc1ccccc1)c1ccccc1Cl. The molecule has 4 heteroatoms. The predicted octanol–water partition coefficient (Wildman–Crippen LogP) is 3.09. The Bertz CT molecular complexity index is 601. The molecule has 0 saturated carbocycles. The minimum absolute atomic E-state index is 0.173. The standard InChI is InChI=1S/C17H19ClN2O/c1-12(14-9-5-6-10-15(14)18)20-17(21)16(19)11-13-7-3-2-4-8-13/h2-10,12,16H,11,19H2,1H3,(H,20,21)/t12-,16?/m1/s1. The van der Waals surface area contributed by atoms with Crippen molar-refractivity contribution in [2.75, 3.05) is 0 Å². The number of benzene rings is 2. The van der Waals surface area contributed by atoms with Crippen LogP contribution in [-0.4, -0.2) is 11.9 Å². The van der Waals surface area contributed by atoms with Gasteiger partial charge in [-0.25, -0.2) is 0 Å². The fraction of sp³-hybridized carbons (Fsp3) is 0.235. The number of amides is 1. The minimum atomic E-state index is -0.572. The summed E-state index contributed by atoms with van der Waals surface area (Å²) in [4.78, 5) is 12.2. The lowest BCUT2D eigenvalue weighted by Crippen LogP contribution is -2.43. The first-order chi connectivity index (χ1) is 10.1. The zero-order valence-electron chi connectivity index (χ0n) is 11.9. The van der Waals surface area contributed by atoms with Gasteiger partial charge in [0.25, 0.3) is 0 Å². The third-order valence-corrected chi connectivity index (χ3v) is 3.71. The van der Waals surface area contributed by atoms with E-state index in [1.165, 1.54) is 0 Å². The Morgan fingerprint density at radius 1 is 1.14 bits per heavy atom. The Balaban J connectivity index is 1.96. The lowest BCUT2D eigenvalue weighted by molar-refractivity contribution is -0.123. The molecule has 0 saturated heterocycles. The number of nitrogens with one attached hydrogen (secondary N) is 1. The summed E-state index contributed by atoms with van der Waals surface area (Å²) in [7, 11) is 0. The second-order valence-electron chi connectivity index (χ2n) is 5.05. The highest BCUT2D eigenvalue weighted by molar-refractivity contribution is 6.31. The first-order valence-corrected chi connectivity index (χ1v) is 7.30. The van der Waals surface area contributed by atoms with Crippen LogP contribution in [0.15, 0.2) is 54.6 Å². The molecule has 110 valence electrons. The van der Waals surface area contributed by atoms with E-state index in [0.29, 0.717) is 11.4 Å². The third kappa shape index (κ3) is 4.31. The summed E-state index contributed by atoms with van der Waals surface area (Å²) in [5, 5.41) is 3.55. The van der Waals surface area contributed by atoms with E-state index in [4.69, 9.17) is 17.3 Å². The highest BCUT2D eigenvalue weighted by Gasteiger charge is 2.18. The van der Waals surface area contributed by atoms with Crippen LogP contribution < -0.4 is 11.1 Å². The normalized spacial score (nSPS) is 13.5. The summed E-state index contributed by atoms with van der Waals surface area (Å²) in [6, 6.07) is 16.5. The Labute approximate surface area is 130 Å². The lowest BCUT2D eigenvalue weighted by atomic mass is 10.0. The summed E-state index contributed by atoms with van der Waals surface area (Å²) >= 11 is 6.13. The third-order valence-electron chi connectivity index (χ3n) is 3.37. The number of carbonyl (C=O) groups excluding carboxylic acids is 1. The maximum absolute atomic E-state index is 12.2. The molecule has 0 radical (unpaired) electrons. The van der Waals surface area contributed by atoms with Crippen molar-refractivity contribution in [3.05, 3.63) is 70.7 Å². The van der Waals surface area contributed by atoms with E-state index in [1.807, 2.05) is 61.5 Å². The number of halogens is 1. The van der Waals surface area contributed by atoms with E-state index in [1.54, 1.807) is 0 Å². The second kappa shape index (κ2) is 7.25. The van der Waals surface area contributed by atoms with E-state index in [2.05, 4.69) is 5.32 Å². The van der Waals surface area contributed by atoms with Gasteiger partial charge in [0.1, 0.15) is 0 Å². The van der Waals surface area contributed by atoms with Crippen molar-refractivity contribution in [2.24, 2.45) is 5.73 Å². The van der Waals surface area contributed by atoms with Gasteiger partial charge in [-0.15, -0.1) is 0 Å². The molecule has 0 aliphatic rings. The van der Waals surface area contributed by atoms with Crippen LogP contribution in [0.5, 0.6) is 0 Å². The number of carbonyl (C=O) groups is 1. The molecule has 1 amide bonds. The van der Waals surface area contributed by atoms with Gasteiger partial charge in [0.2, 0.25) is 5.91 Å². The van der Waals surface area contributed by atoms with Crippen LogP contribution in [0.3, 0.4) is 0 Å². The van der Waals surface area contributed by atoms with Gasteiger partial charge in [0, 0.05) is 5.02 Å². The smallest absolute Gasteiger partial charge is 0.237 e. The van der Waals surface area contributed by atoms with E-state index in [0.717, 1.165) is 11.1 Å². The fourth-order valence-corrected chi connectivity index (χ4v) is 2.48. The number of hydrogen-bond acceptors (Lipinski definition) is 2. The monoisotopic (exact) mass is 302 g/mol. The van der Waals surface area contributed by atoms with Crippen LogP contribution in [-0.2, 0) is 11.2 Å². The van der Waals surface area contributed by atoms with Gasteiger partial charge >= 0.3 is 0 Å². The van der Waals surface area contributed by atoms with Crippen molar-refractivity contribution in [1.29, 1.82) is 0 Å². The van der Waals surface area contributed by atoms with Gasteiger partial charge in [-0.1, -0.05) is 60.1 Å². The van der Waals surface area contributed by atoms with Crippen LogP contribution in [0.4, 0.5) is 0 Å². The summed E-state index contributed by atoms with van der Waals surface area (Å²) in [6.45, 7) is 1.90. The lowest BCUT2D eigenvalue weighted by Gasteiger charge is -2.19. The van der Waals surface area contributed by atoms with Gasteiger partial charge in [-0.3, -0.25) is 4.79 Å². The molecular weight excluding hydrogens is 284 g/mol. The molecular formula is C17H19ClN2O. The van der Waals surface area contributed by atoms with Crippen LogP contribution >= 0.6 is 11.6 Å². The van der Waals surface area contributed by atoms with Gasteiger partial charge in [0.15, 0.2) is 0 Å². The van der Waals surface area contributed by atoms with E-state index >= 15 is 0 Å². The Kier molecular flexibility index (Phi) is 5.37. The highest BCUT2D eigenvalue weighted by atomic mass is 35.5. The molecule has 2 aromatic rings. The summed E-state index contributed by atoms with van der Waals surface area (Å²) in [6.07, 6.45) is 0.516. The molecule has 3 nitrogen and oxygen atoms in total. The van der Waals surface area contributed by atoms with Crippen molar-refractivity contribution in [3.63, 3.8) is 0 Å². The molecule has 3 N–H and O–H groups in total. The average Bonchev–Trinajstić information content (AvgIpc) is 2.48. The number of hydrogen-bond donors (Lipinski definition) is 2. The molecule has 2 rings (SSSR count). The minimum Gasteiger partial charge on any atom is -0.348 e. The Morgan fingerprint density at radius 2 is 1.76 bits per heavy atom. The van der Waals surface area contributed by atoms with Crippen molar-refractivity contribution >= 4 is 17.5 Å². The van der Waals surface area contributed by atoms with Crippen LogP contribution in [0, 0.1) is 0 Å². The van der Waals surface area contributed by atoms with Gasteiger partial charge in [-0.2, -0.15) is 0 Å². The molecule has 0 aliphatic carbocycles. The first-order valence-electron chi connectivity index (χ1n) is 6.92. The van der Waals surface area contributed by atoms with Crippen molar-refractivity contribution in [3.8, 4) is 0 Å². The fourth-order valence-electron chi connectivity index (χ4n) is 2.19. The molecule has 0 heterocycles. The van der Waals surface area contributed by atoms with Crippen molar-refractivity contribution < 1.29 is 4.79 Å². The molecule has 0 bridgehead atoms. The largest absolute Gasteiger partial charge is 0.348 e. The number of rotatable bonds is 5. The maximum Gasteiger partial charge on any atom is 0.237 e. The molecule has 0 aliphatic heterocycles. The van der Waals surface area contributed by atoms with E-state index < -0.39 is 6.04 Å². The van der Waals surface area contributed by atoms with Crippen molar-refractivity contribution in [2.45, 2.75) is 25.4 Å². The number of nitrogens with two attached hydrogens (primary N) is 1. The molecule has 0 spiro atoms. The first kappa shape index (κ1) is 15.5. The van der Waals surface area contributed by atoms with Gasteiger partial charge in [0.05, 0.1) is 12.1 Å². The Hall–Kier alpha value is -1.84. The van der Waals surface area contributed by atoms with E-state index in [-0.39, 0.29) is 11.9 Å². The summed E-state index contributed by atoms with van der Waals surface area (Å²) < 4.78 is 0.